The first kappa shape index (κ1) is 13.1. The molecule has 1 amide bonds. The number of anilines is 1. The first-order valence-corrected chi connectivity index (χ1v) is 6.70. The van der Waals surface area contributed by atoms with Gasteiger partial charge in [0.15, 0.2) is 0 Å². The van der Waals surface area contributed by atoms with E-state index in [1.807, 2.05) is 19.2 Å². The van der Waals surface area contributed by atoms with E-state index in [1.165, 1.54) is 5.56 Å². The van der Waals surface area contributed by atoms with Gasteiger partial charge in [0.2, 0.25) is 5.91 Å². The lowest BCUT2D eigenvalue weighted by Gasteiger charge is -2.22. The lowest BCUT2D eigenvalue weighted by molar-refractivity contribution is -0.119. The predicted octanol–water partition coefficient (Wildman–Crippen LogP) is 2.52. The molecule has 1 aromatic rings. The topological polar surface area (TPSA) is 32.3 Å². The van der Waals surface area contributed by atoms with Gasteiger partial charge in [-0.15, -0.1) is 0 Å². The Hall–Kier alpha value is -1.35. The van der Waals surface area contributed by atoms with Gasteiger partial charge in [0.05, 0.1) is 6.04 Å². The zero-order valence-corrected chi connectivity index (χ0v) is 11.4. The molecule has 0 bridgehead atoms. The monoisotopic (exact) mass is 246 g/mol. The average molecular weight is 246 g/mol. The van der Waals surface area contributed by atoms with Gasteiger partial charge in [-0.05, 0) is 43.0 Å². The van der Waals surface area contributed by atoms with Gasteiger partial charge in [-0.3, -0.25) is 4.79 Å². The molecule has 1 N–H and O–H groups in total. The maximum atomic E-state index is 12.3. The van der Waals surface area contributed by atoms with E-state index >= 15 is 0 Å². The molecule has 0 radical (unpaired) electrons. The summed E-state index contributed by atoms with van der Waals surface area (Å²) in [6.07, 6.45) is 2.04. The summed E-state index contributed by atoms with van der Waals surface area (Å²) in [4.78, 5) is 14.1. The lowest BCUT2D eigenvalue weighted by atomic mass is 10.0. The first-order valence-electron chi connectivity index (χ1n) is 6.70. The molecule has 1 fully saturated rings. The fraction of sp³-hybridized carbons (Fsp3) is 0.533. The first-order chi connectivity index (χ1) is 8.59. The fourth-order valence-electron chi connectivity index (χ4n) is 2.35. The van der Waals surface area contributed by atoms with Gasteiger partial charge in [0, 0.05) is 12.7 Å². The van der Waals surface area contributed by atoms with Crippen LogP contribution in [0.3, 0.4) is 0 Å². The van der Waals surface area contributed by atoms with Crippen molar-refractivity contribution in [2.75, 3.05) is 18.5 Å². The van der Waals surface area contributed by atoms with Crippen LogP contribution in [0.1, 0.15) is 38.2 Å². The van der Waals surface area contributed by atoms with Crippen LogP contribution < -0.4 is 10.2 Å². The fourth-order valence-corrected chi connectivity index (χ4v) is 2.35. The van der Waals surface area contributed by atoms with Crippen LogP contribution in [-0.2, 0) is 4.79 Å². The van der Waals surface area contributed by atoms with Crippen molar-refractivity contribution in [2.45, 2.75) is 38.6 Å². The van der Waals surface area contributed by atoms with E-state index in [0.717, 1.165) is 25.1 Å². The number of hydrogen-bond donors (Lipinski definition) is 1. The van der Waals surface area contributed by atoms with E-state index in [2.05, 4.69) is 31.3 Å². The minimum atomic E-state index is -0.00212. The standard InChI is InChI=1S/C15H22N2O/c1-11(2)12-6-4-7-13(10-12)17(3)15(18)14-8-5-9-16-14/h4,6-7,10-11,14,16H,5,8-9H2,1-3H3. The van der Waals surface area contributed by atoms with Gasteiger partial charge in [0.25, 0.3) is 0 Å². The van der Waals surface area contributed by atoms with Gasteiger partial charge in [-0.2, -0.15) is 0 Å². The van der Waals surface area contributed by atoms with Crippen LogP contribution in [0.25, 0.3) is 0 Å². The lowest BCUT2D eigenvalue weighted by Crippen LogP contribution is -2.41. The minimum Gasteiger partial charge on any atom is -0.314 e. The molecule has 98 valence electrons. The molecule has 1 unspecified atom stereocenters. The van der Waals surface area contributed by atoms with Crippen LogP contribution in [0.15, 0.2) is 24.3 Å². The largest absolute Gasteiger partial charge is 0.314 e. The van der Waals surface area contributed by atoms with E-state index in [4.69, 9.17) is 0 Å². The molecule has 1 atom stereocenters. The van der Waals surface area contributed by atoms with Crippen molar-refractivity contribution in [2.24, 2.45) is 0 Å². The Morgan fingerprint density at radius 3 is 2.83 bits per heavy atom. The van der Waals surface area contributed by atoms with Crippen molar-refractivity contribution in [3.8, 4) is 0 Å². The van der Waals surface area contributed by atoms with Crippen LogP contribution >= 0.6 is 0 Å². The maximum absolute atomic E-state index is 12.3. The molecule has 0 aromatic heterocycles. The van der Waals surface area contributed by atoms with Gasteiger partial charge in [-0.25, -0.2) is 0 Å². The van der Waals surface area contributed by atoms with Gasteiger partial charge >= 0.3 is 0 Å². The highest BCUT2D eigenvalue weighted by atomic mass is 16.2. The number of benzene rings is 1. The average Bonchev–Trinajstić information content (AvgIpc) is 2.91. The highest BCUT2D eigenvalue weighted by Gasteiger charge is 2.25. The predicted molar refractivity (Wildman–Crippen MR) is 75.0 cm³/mol. The number of carbonyl (C=O) groups is 1. The van der Waals surface area contributed by atoms with Crippen molar-refractivity contribution < 1.29 is 4.79 Å². The molecule has 3 heteroatoms. The quantitative estimate of drug-likeness (QED) is 0.889. The number of amides is 1. The molecule has 1 aliphatic heterocycles. The molecule has 1 saturated heterocycles. The van der Waals surface area contributed by atoms with Gasteiger partial charge in [0.1, 0.15) is 0 Å². The number of carbonyl (C=O) groups excluding carboxylic acids is 1. The van der Waals surface area contributed by atoms with E-state index in [-0.39, 0.29) is 11.9 Å². The summed E-state index contributed by atoms with van der Waals surface area (Å²) >= 11 is 0. The Balaban J connectivity index is 2.14. The van der Waals surface area contributed by atoms with Crippen LogP contribution in [0, 0.1) is 0 Å². The summed E-state index contributed by atoms with van der Waals surface area (Å²) < 4.78 is 0. The van der Waals surface area contributed by atoms with Crippen LogP contribution in [0.2, 0.25) is 0 Å². The third-order valence-electron chi connectivity index (χ3n) is 3.61. The third-order valence-corrected chi connectivity index (χ3v) is 3.61. The summed E-state index contributed by atoms with van der Waals surface area (Å²) in [6, 6.07) is 8.24. The Kier molecular flexibility index (Phi) is 4.02. The number of nitrogens with one attached hydrogen (secondary N) is 1. The third kappa shape index (κ3) is 2.72. The SMILES string of the molecule is CC(C)c1cccc(N(C)C(=O)C2CCCN2)c1. The summed E-state index contributed by atoms with van der Waals surface area (Å²) in [6.45, 7) is 5.29. The molecule has 0 saturated carbocycles. The number of rotatable bonds is 3. The molecule has 0 aliphatic carbocycles. The molecule has 1 aliphatic rings. The Labute approximate surface area is 109 Å². The van der Waals surface area contributed by atoms with Crippen molar-refractivity contribution in [3.05, 3.63) is 29.8 Å². The zero-order chi connectivity index (χ0) is 13.1. The molecule has 18 heavy (non-hydrogen) atoms. The molecule has 2 rings (SSSR count). The summed E-state index contributed by atoms with van der Waals surface area (Å²) in [5, 5.41) is 3.25. The number of nitrogens with zero attached hydrogens (tertiary/aromatic N) is 1. The van der Waals surface area contributed by atoms with Crippen LogP contribution in [-0.4, -0.2) is 25.5 Å². The van der Waals surface area contributed by atoms with Crippen molar-refractivity contribution in [1.82, 2.24) is 5.32 Å². The molecular weight excluding hydrogens is 224 g/mol. The summed E-state index contributed by atoms with van der Waals surface area (Å²) in [5.41, 5.74) is 2.26. The second-order valence-corrected chi connectivity index (χ2v) is 5.30. The smallest absolute Gasteiger partial charge is 0.243 e. The highest BCUT2D eigenvalue weighted by molar-refractivity contribution is 5.96. The zero-order valence-electron chi connectivity index (χ0n) is 11.4. The molecule has 1 heterocycles. The molecule has 1 aromatic carbocycles. The molecule has 0 spiro atoms. The molecular formula is C15H22N2O. The highest BCUT2D eigenvalue weighted by Crippen LogP contribution is 2.22. The minimum absolute atomic E-state index is 0.00212. The Morgan fingerprint density at radius 2 is 2.22 bits per heavy atom. The van der Waals surface area contributed by atoms with Crippen LogP contribution in [0.5, 0.6) is 0 Å². The van der Waals surface area contributed by atoms with E-state index in [1.54, 1.807) is 4.90 Å². The normalized spacial score (nSPS) is 19.2. The number of likely N-dealkylation sites (N-methyl/N-ethyl adjacent to an activating group) is 1. The molecule has 3 nitrogen and oxygen atoms in total. The van der Waals surface area contributed by atoms with E-state index in [9.17, 15) is 4.79 Å². The van der Waals surface area contributed by atoms with E-state index < -0.39 is 0 Å². The van der Waals surface area contributed by atoms with Crippen molar-refractivity contribution >= 4 is 11.6 Å². The Morgan fingerprint density at radius 1 is 1.44 bits per heavy atom. The van der Waals surface area contributed by atoms with Gasteiger partial charge in [-0.1, -0.05) is 26.0 Å². The van der Waals surface area contributed by atoms with Gasteiger partial charge < -0.3 is 10.2 Å². The maximum Gasteiger partial charge on any atom is 0.243 e. The van der Waals surface area contributed by atoms with Crippen LogP contribution in [0.4, 0.5) is 5.69 Å². The van der Waals surface area contributed by atoms with Crippen molar-refractivity contribution in [3.63, 3.8) is 0 Å². The van der Waals surface area contributed by atoms with E-state index in [0.29, 0.717) is 5.92 Å². The summed E-state index contributed by atoms with van der Waals surface area (Å²) in [7, 11) is 1.86. The number of hydrogen-bond acceptors (Lipinski definition) is 2. The second-order valence-electron chi connectivity index (χ2n) is 5.30. The summed E-state index contributed by atoms with van der Waals surface area (Å²) in [5.74, 6) is 0.659. The second kappa shape index (κ2) is 5.53. The Bertz CT molecular complexity index is 422. The van der Waals surface area contributed by atoms with Crippen molar-refractivity contribution in [1.29, 1.82) is 0 Å².